The van der Waals surface area contributed by atoms with Crippen molar-refractivity contribution in [1.82, 2.24) is 24.8 Å². The Labute approximate surface area is 165 Å². The molecule has 0 unspecified atom stereocenters. The molecule has 0 atom stereocenters. The molecule has 1 aromatic carbocycles. The molecule has 1 fully saturated rings. The van der Waals surface area contributed by atoms with Gasteiger partial charge in [-0.05, 0) is 31.4 Å². The van der Waals surface area contributed by atoms with Crippen molar-refractivity contribution in [1.29, 1.82) is 0 Å². The van der Waals surface area contributed by atoms with Gasteiger partial charge in [-0.15, -0.1) is 11.3 Å². The molecule has 1 aliphatic rings. The van der Waals surface area contributed by atoms with E-state index >= 15 is 0 Å². The van der Waals surface area contributed by atoms with Crippen molar-refractivity contribution in [3.05, 3.63) is 41.7 Å². The van der Waals surface area contributed by atoms with E-state index < -0.39 is 0 Å². The molecule has 2 N–H and O–H groups in total. The zero-order valence-corrected chi connectivity index (χ0v) is 15.9. The Bertz CT molecular complexity index is 1200. The number of benzene rings is 1. The molecule has 1 amide bonds. The van der Waals surface area contributed by atoms with E-state index in [0.717, 1.165) is 48.2 Å². The fourth-order valence-corrected chi connectivity index (χ4v) is 4.57. The van der Waals surface area contributed by atoms with Crippen molar-refractivity contribution < 1.29 is 4.79 Å². The lowest BCUT2D eigenvalue weighted by Gasteiger charge is -2.26. The van der Waals surface area contributed by atoms with Crippen molar-refractivity contribution in [2.45, 2.75) is 19.3 Å². The van der Waals surface area contributed by atoms with Crippen LogP contribution in [0.25, 0.3) is 32.6 Å². The average molecular weight is 390 g/mol. The number of likely N-dealkylation sites (tertiary alicyclic amines) is 1. The molecule has 5 rings (SSSR count). The molecule has 0 bridgehead atoms. The first-order valence-corrected chi connectivity index (χ1v) is 10.1. The predicted molar refractivity (Wildman–Crippen MR) is 110 cm³/mol. The lowest BCUT2D eigenvalue weighted by molar-refractivity contribution is 0.0730. The minimum absolute atomic E-state index is 0.00969. The Balaban J connectivity index is 1.54. The fraction of sp³-hybridized carbons (Fsp3) is 0.250. The molecule has 4 heterocycles. The van der Waals surface area contributed by atoms with E-state index in [1.54, 1.807) is 18.6 Å². The van der Waals surface area contributed by atoms with Gasteiger partial charge in [-0.1, -0.05) is 6.07 Å². The molecule has 0 saturated carbocycles. The molecule has 4 aromatic rings. The van der Waals surface area contributed by atoms with Gasteiger partial charge in [0.1, 0.15) is 15.2 Å². The van der Waals surface area contributed by atoms with E-state index in [4.69, 9.17) is 10.7 Å². The maximum atomic E-state index is 12.9. The Morgan fingerprint density at radius 3 is 2.64 bits per heavy atom. The zero-order chi connectivity index (χ0) is 19.1. The predicted octanol–water partition coefficient (Wildman–Crippen LogP) is 3.51. The Morgan fingerprint density at radius 2 is 1.82 bits per heavy atom. The van der Waals surface area contributed by atoms with Gasteiger partial charge in [-0.3, -0.25) is 14.8 Å². The van der Waals surface area contributed by atoms with Crippen molar-refractivity contribution in [3.63, 3.8) is 0 Å². The average Bonchev–Trinajstić information content (AvgIpc) is 3.09. The number of piperidine rings is 1. The summed E-state index contributed by atoms with van der Waals surface area (Å²) in [4.78, 5) is 33.8. The minimum atomic E-state index is -0.00969. The second-order valence-corrected chi connectivity index (χ2v) is 7.87. The summed E-state index contributed by atoms with van der Waals surface area (Å²) in [6.07, 6.45) is 8.29. The number of nitrogens with two attached hydrogens (primary N) is 1. The molecule has 3 aromatic heterocycles. The van der Waals surface area contributed by atoms with Crippen molar-refractivity contribution in [2.75, 3.05) is 18.8 Å². The third kappa shape index (κ3) is 2.86. The van der Waals surface area contributed by atoms with Gasteiger partial charge in [0.25, 0.3) is 5.91 Å². The summed E-state index contributed by atoms with van der Waals surface area (Å²) in [5, 5.41) is 0. The number of carbonyl (C=O) groups is 1. The number of nitrogen functional groups attached to an aromatic ring is 1. The quantitative estimate of drug-likeness (QED) is 0.562. The monoisotopic (exact) mass is 390 g/mol. The van der Waals surface area contributed by atoms with Crippen molar-refractivity contribution in [3.8, 4) is 11.3 Å². The van der Waals surface area contributed by atoms with Crippen LogP contribution in [0.4, 0.5) is 5.69 Å². The number of hydrogen-bond acceptors (Lipinski definition) is 7. The number of amides is 1. The highest BCUT2D eigenvalue weighted by atomic mass is 32.1. The van der Waals surface area contributed by atoms with Crippen LogP contribution < -0.4 is 5.73 Å². The zero-order valence-electron chi connectivity index (χ0n) is 15.1. The first-order valence-electron chi connectivity index (χ1n) is 9.26. The van der Waals surface area contributed by atoms with Crippen LogP contribution in [-0.2, 0) is 0 Å². The molecule has 1 saturated heterocycles. The van der Waals surface area contributed by atoms with Crippen LogP contribution in [0.2, 0.25) is 0 Å². The minimum Gasteiger partial charge on any atom is -0.396 e. The molecule has 7 nitrogen and oxygen atoms in total. The van der Waals surface area contributed by atoms with Crippen LogP contribution in [0.15, 0.2) is 36.8 Å². The van der Waals surface area contributed by atoms with Gasteiger partial charge in [0, 0.05) is 31.0 Å². The van der Waals surface area contributed by atoms with Gasteiger partial charge in [0.05, 0.1) is 28.6 Å². The summed E-state index contributed by atoms with van der Waals surface area (Å²) in [6, 6.07) is 5.80. The number of hydrogen-bond donors (Lipinski definition) is 1. The molecule has 8 heteroatoms. The molecule has 140 valence electrons. The van der Waals surface area contributed by atoms with Gasteiger partial charge >= 0.3 is 0 Å². The molecular formula is C20H18N6OS. The van der Waals surface area contributed by atoms with E-state index in [1.165, 1.54) is 17.8 Å². The van der Waals surface area contributed by atoms with E-state index in [1.807, 2.05) is 23.1 Å². The third-order valence-electron chi connectivity index (χ3n) is 5.04. The van der Waals surface area contributed by atoms with E-state index in [-0.39, 0.29) is 5.91 Å². The second-order valence-electron chi connectivity index (χ2n) is 6.87. The Hall–Kier alpha value is -3.13. The number of nitrogens with zero attached hydrogens (tertiary/aromatic N) is 5. The maximum absolute atomic E-state index is 12.9. The molecule has 0 spiro atoms. The Kier molecular flexibility index (Phi) is 4.12. The SMILES string of the molecule is Nc1c(C(=O)N2CCCCC2)sc2nc(-c3ccc4nccnc4c3)cnc12. The van der Waals surface area contributed by atoms with Crippen molar-refractivity contribution in [2.24, 2.45) is 0 Å². The lowest BCUT2D eigenvalue weighted by atomic mass is 10.1. The highest BCUT2D eigenvalue weighted by molar-refractivity contribution is 7.21. The molecule has 28 heavy (non-hydrogen) atoms. The number of anilines is 1. The summed E-state index contributed by atoms with van der Waals surface area (Å²) >= 11 is 1.32. The largest absolute Gasteiger partial charge is 0.396 e. The fourth-order valence-electron chi connectivity index (χ4n) is 3.55. The lowest BCUT2D eigenvalue weighted by Crippen LogP contribution is -2.35. The summed E-state index contributed by atoms with van der Waals surface area (Å²) < 4.78 is 0. The standard InChI is InChI=1S/C20H18N6OS/c21-16-17-19(28-18(16)20(27)26-8-2-1-3-9-26)25-15(11-24-17)12-4-5-13-14(10-12)23-7-6-22-13/h4-7,10-11H,1-3,8-9,21H2. The summed E-state index contributed by atoms with van der Waals surface area (Å²) in [5.74, 6) is -0.00969. The van der Waals surface area contributed by atoms with Crippen LogP contribution in [0.1, 0.15) is 28.9 Å². The van der Waals surface area contributed by atoms with E-state index in [0.29, 0.717) is 20.9 Å². The Morgan fingerprint density at radius 1 is 1.04 bits per heavy atom. The van der Waals surface area contributed by atoms with Gasteiger partial charge in [0.2, 0.25) is 0 Å². The molecular weight excluding hydrogens is 372 g/mol. The highest BCUT2D eigenvalue weighted by Gasteiger charge is 2.24. The van der Waals surface area contributed by atoms with Crippen LogP contribution >= 0.6 is 11.3 Å². The highest BCUT2D eigenvalue weighted by Crippen LogP contribution is 2.34. The van der Waals surface area contributed by atoms with E-state index in [2.05, 4.69) is 15.0 Å². The molecule has 0 radical (unpaired) electrons. The summed E-state index contributed by atoms with van der Waals surface area (Å²) in [5.41, 5.74) is 10.5. The van der Waals surface area contributed by atoms with Crippen LogP contribution in [-0.4, -0.2) is 43.8 Å². The maximum Gasteiger partial charge on any atom is 0.266 e. The summed E-state index contributed by atoms with van der Waals surface area (Å²) in [7, 11) is 0. The number of rotatable bonds is 2. The normalized spacial score (nSPS) is 14.6. The molecule has 0 aliphatic carbocycles. The van der Waals surface area contributed by atoms with Crippen LogP contribution in [0, 0.1) is 0 Å². The topological polar surface area (TPSA) is 97.9 Å². The first kappa shape index (κ1) is 17.0. The molecule has 1 aliphatic heterocycles. The number of aromatic nitrogens is 4. The van der Waals surface area contributed by atoms with Gasteiger partial charge in [-0.2, -0.15) is 0 Å². The summed E-state index contributed by atoms with van der Waals surface area (Å²) in [6.45, 7) is 1.58. The van der Waals surface area contributed by atoms with Gasteiger partial charge in [-0.25, -0.2) is 9.97 Å². The van der Waals surface area contributed by atoms with Crippen LogP contribution in [0.5, 0.6) is 0 Å². The second kappa shape index (κ2) is 6.79. The number of carbonyl (C=O) groups excluding carboxylic acids is 1. The number of fused-ring (bicyclic) bond motifs is 2. The third-order valence-corrected chi connectivity index (χ3v) is 6.12. The number of thiophene rings is 1. The first-order chi connectivity index (χ1) is 13.7. The van der Waals surface area contributed by atoms with Gasteiger partial charge in [0.15, 0.2) is 0 Å². The van der Waals surface area contributed by atoms with E-state index in [9.17, 15) is 4.79 Å². The van der Waals surface area contributed by atoms with Crippen LogP contribution in [0.3, 0.4) is 0 Å². The van der Waals surface area contributed by atoms with Crippen molar-refractivity contribution >= 4 is 44.3 Å². The smallest absolute Gasteiger partial charge is 0.266 e. The van der Waals surface area contributed by atoms with Gasteiger partial charge < -0.3 is 10.6 Å².